The highest BCUT2D eigenvalue weighted by Gasteiger charge is 2.48. The summed E-state index contributed by atoms with van der Waals surface area (Å²) in [5.41, 5.74) is 8.92. The van der Waals surface area contributed by atoms with Crippen LogP contribution in [0.1, 0.15) is 80.0 Å². The van der Waals surface area contributed by atoms with Gasteiger partial charge in [-0.15, -0.1) is 0 Å². The molecular weight excluding hydrogens is 526 g/mol. The zero-order chi connectivity index (χ0) is 28.8. The van der Waals surface area contributed by atoms with E-state index in [2.05, 4.69) is 53.8 Å². The quantitative estimate of drug-likeness (QED) is 0.259. The summed E-state index contributed by atoms with van der Waals surface area (Å²) in [6.45, 7) is 15.6. The summed E-state index contributed by atoms with van der Waals surface area (Å²) >= 11 is 0. The fraction of sp³-hybridized carbons (Fsp3) is 0.438. The van der Waals surface area contributed by atoms with Crippen LogP contribution in [0.25, 0.3) is 17.2 Å². The van der Waals surface area contributed by atoms with Crippen LogP contribution < -0.4 is 0 Å². The molecule has 39 heavy (non-hydrogen) atoms. The van der Waals surface area contributed by atoms with Crippen LogP contribution in [-0.4, -0.2) is 8.07 Å². The highest BCUT2D eigenvalue weighted by molar-refractivity contribution is 6.82. The number of aryl methyl sites for hydroxylation is 1. The summed E-state index contributed by atoms with van der Waals surface area (Å²) in [7, 11) is -2.14. The average molecular weight is 561 g/mol. The largest absolute Gasteiger partial charge is 0.416 e. The molecule has 5 rings (SSSR count). The second-order valence-electron chi connectivity index (χ2n) is 12.2. The van der Waals surface area contributed by atoms with Gasteiger partial charge in [0.1, 0.15) is 0 Å². The van der Waals surface area contributed by atoms with Crippen molar-refractivity contribution in [3.8, 4) is 11.1 Å². The van der Waals surface area contributed by atoms with Gasteiger partial charge in [0.25, 0.3) is 0 Å². The SMILES string of the molecule is CC1=Cc2c(cc3c(c2-c2cc(C(F)(F)F)cc(C(F)(F)F)c2)CCC3)C1[Si](C)(C)C1C(C)=C(C)C(C)=C1C. The molecule has 0 saturated carbocycles. The van der Waals surface area contributed by atoms with Gasteiger partial charge in [-0.3, -0.25) is 0 Å². The van der Waals surface area contributed by atoms with Crippen molar-refractivity contribution in [3.05, 3.63) is 85.5 Å². The van der Waals surface area contributed by atoms with E-state index in [1.807, 2.05) is 6.08 Å². The molecule has 0 amide bonds. The molecule has 3 aliphatic rings. The van der Waals surface area contributed by atoms with E-state index in [0.717, 1.165) is 52.8 Å². The Morgan fingerprint density at radius 2 is 1.26 bits per heavy atom. The topological polar surface area (TPSA) is 0 Å². The maximum Gasteiger partial charge on any atom is 0.416 e. The summed E-state index contributed by atoms with van der Waals surface area (Å²) in [6.07, 6.45) is -5.44. The predicted octanol–water partition coefficient (Wildman–Crippen LogP) is 10.7. The standard InChI is InChI=1S/C32H34F6Si/c1-16-11-26-27(29(16)39(6,7)30-19(4)17(2)18(3)20(30)5)14-21-9-8-10-25(21)28(26)22-12-23(31(33,34)35)15-24(13-22)32(36,37)38/h11-15,29-30H,8-10H2,1-7H3. The van der Waals surface area contributed by atoms with Gasteiger partial charge in [-0.25, -0.2) is 0 Å². The number of hydrogen-bond donors (Lipinski definition) is 0. The van der Waals surface area contributed by atoms with Crippen LogP contribution >= 0.6 is 0 Å². The molecule has 2 aromatic carbocycles. The van der Waals surface area contributed by atoms with E-state index in [1.165, 1.54) is 22.3 Å². The monoisotopic (exact) mass is 560 g/mol. The molecule has 1 atom stereocenters. The molecule has 0 nitrogen and oxygen atoms in total. The lowest BCUT2D eigenvalue weighted by Gasteiger charge is -2.39. The van der Waals surface area contributed by atoms with Gasteiger partial charge in [-0.2, -0.15) is 26.3 Å². The average Bonchev–Trinajstić information content (AvgIpc) is 3.47. The van der Waals surface area contributed by atoms with Gasteiger partial charge < -0.3 is 0 Å². The third kappa shape index (κ3) is 4.36. The van der Waals surface area contributed by atoms with Gasteiger partial charge in [0.15, 0.2) is 0 Å². The molecule has 0 aliphatic heterocycles. The zero-order valence-corrected chi connectivity index (χ0v) is 24.4. The normalized spacial score (nSPS) is 20.2. The lowest BCUT2D eigenvalue weighted by atomic mass is 9.88. The van der Waals surface area contributed by atoms with Crippen molar-refractivity contribution in [2.75, 3.05) is 0 Å². The molecule has 2 aromatic rings. The lowest BCUT2D eigenvalue weighted by Crippen LogP contribution is -2.41. The van der Waals surface area contributed by atoms with Crippen LogP contribution in [0.2, 0.25) is 18.6 Å². The Balaban J connectivity index is 1.76. The third-order valence-corrected chi connectivity index (χ3v) is 14.2. The smallest absolute Gasteiger partial charge is 0.166 e. The Morgan fingerprint density at radius 3 is 1.77 bits per heavy atom. The number of fused-ring (bicyclic) bond motifs is 2. The molecule has 0 N–H and O–H groups in total. The molecule has 208 valence electrons. The summed E-state index contributed by atoms with van der Waals surface area (Å²) in [4.78, 5) is 0. The van der Waals surface area contributed by atoms with Gasteiger partial charge in [0, 0.05) is 5.54 Å². The van der Waals surface area contributed by atoms with Gasteiger partial charge >= 0.3 is 12.4 Å². The Hall–Kier alpha value is -2.54. The van der Waals surface area contributed by atoms with Crippen LogP contribution in [0.3, 0.4) is 0 Å². The fourth-order valence-corrected chi connectivity index (χ4v) is 13.1. The number of rotatable bonds is 3. The first-order valence-corrected chi connectivity index (χ1v) is 16.6. The van der Waals surface area contributed by atoms with Gasteiger partial charge in [0.05, 0.1) is 19.2 Å². The minimum absolute atomic E-state index is 0.0102. The highest BCUT2D eigenvalue weighted by atomic mass is 28.3. The van der Waals surface area contributed by atoms with E-state index in [4.69, 9.17) is 0 Å². The van der Waals surface area contributed by atoms with Crippen LogP contribution in [0.15, 0.2) is 52.1 Å². The fourth-order valence-electron chi connectivity index (χ4n) is 7.78. The van der Waals surface area contributed by atoms with Crippen LogP contribution in [0.5, 0.6) is 0 Å². The van der Waals surface area contributed by atoms with Crippen molar-refractivity contribution >= 4 is 14.1 Å². The Bertz CT molecular complexity index is 1420. The van der Waals surface area contributed by atoms with E-state index in [9.17, 15) is 26.3 Å². The second-order valence-corrected chi connectivity index (χ2v) is 17.0. The van der Waals surface area contributed by atoms with E-state index >= 15 is 0 Å². The Labute approximate surface area is 227 Å². The predicted molar refractivity (Wildman–Crippen MR) is 148 cm³/mol. The number of hydrogen-bond acceptors (Lipinski definition) is 0. The van der Waals surface area contributed by atoms with Gasteiger partial charge in [-0.05, 0) is 122 Å². The van der Waals surface area contributed by atoms with Crippen molar-refractivity contribution in [3.63, 3.8) is 0 Å². The number of allylic oxidation sites excluding steroid dienone is 5. The molecule has 0 fully saturated rings. The minimum atomic E-state index is -4.88. The van der Waals surface area contributed by atoms with Crippen molar-refractivity contribution < 1.29 is 26.3 Å². The molecule has 3 aliphatic carbocycles. The highest BCUT2D eigenvalue weighted by Crippen LogP contribution is 2.56. The molecule has 0 saturated heterocycles. The van der Waals surface area contributed by atoms with E-state index in [-0.39, 0.29) is 17.2 Å². The van der Waals surface area contributed by atoms with Gasteiger partial charge in [0.2, 0.25) is 0 Å². The number of halogens is 6. The first-order chi connectivity index (χ1) is 17.9. The van der Waals surface area contributed by atoms with Gasteiger partial charge in [-0.1, -0.05) is 42.0 Å². The molecule has 0 bridgehead atoms. The summed E-state index contributed by atoms with van der Waals surface area (Å²) in [5, 5.41) is 0. The van der Waals surface area contributed by atoms with Crippen molar-refractivity contribution in [2.24, 2.45) is 0 Å². The van der Waals surface area contributed by atoms with Crippen molar-refractivity contribution in [2.45, 2.75) is 90.4 Å². The maximum absolute atomic E-state index is 13.8. The summed E-state index contributed by atoms with van der Waals surface area (Å²) in [6, 6.07) is 4.26. The summed E-state index contributed by atoms with van der Waals surface area (Å²) in [5.74, 6) is 0. The van der Waals surface area contributed by atoms with E-state index in [0.29, 0.717) is 17.5 Å². The van der Waals surface area contributed by atoms with Crippen LogP contribution in [0.4, 0.5) is 26.3 Å². The van der Waals surface area contributed by atoms with Crippen LogP contribution in [-0.2, 0) is 25.2 Å². The lowest BCUT2D eigenvalue weighted by molar-refractivity contribution is -0.143. The second kappa shape index (κ2) is 8.98. The molecule has 0 aromatic heterocycles. The number of alkyl halides is 6. The Kier molecular flexibility index (Phi) is 6.45. The zero-order valence-electron chi connectivity index (χ0n) is 23.4. The molecule has 7 heteroatoms. The molecule has 0 spiro atoms. The maximum atomic E-state index is 13.8. The molecular formula is C32H34F6Si. The first kappa shape index (κ1) is 28.0. The first-order valence-electron chi connectivity index (χ1n) is 13.5. The molecule has 0 radical (unpaired) electrons. The van der Waals surface area contributed by atoms with E-state index < -0.39 is 31.6 Å². The Morgan fingerprint density at radius 1 is 0.718 bits per heavy atom. The van der Waals surface area contributed by atoms with Crippen LogP contribution in [0, 0.1) is 0 Å². The molecule has 0 heterocycles. The minimum Gasteiger partial charge on any atom is -0.166 e. The van der Waals surface area contributed by atoms with Crippen molar-refractivity contribution in [1.29, 1.82) is 0 Å². The summed E-state index contributed by atoms with van der Waals surface area (Å²) < 4.78 is 82.8. The third-order valence-electron chi connectivity index (χ3n) is 9.59. The van der Waals surface area contributed by atoms with Crippen molar-refractivity contribution in [1.82, 2.24) is 0 Å². The number of benzene rings is 2. The van der Waals surface area contributed by atoms with E-state index in [1.54, 1.807) is 0 Å². The molecule has 1 unspecified atom stereocenters.